The Balaban J connectivity index is 1.55. The second-order valence-corrected chi connectivity index (χ2v) is 8.38. The first-order valence-electron chi connectivity index (χ1n) is 9.82. The van der Waals surface area contributed by atoms with E-state index < -0.39 is 0 Å². The molecule has 0 aliphatic carbocycles. The highest BCUT2D eigenvalue weighted by Crippen LogP contribution is 2.28. The molecule has 1 amide bonds. The molecule has 0 saturated carbocycles. The number of furan rings is 1. The topological polar surface area (TPSA) is 82.2 Å². The maximum Gasteiger partial charge on any atom is 0.234 e. The van der Waals surface area contributed by atoms with E-state index in [2.05, 4.69) is 15.5 Å². The minimum atomic E-state index is -0.143. The molecule has 7 nitrogen and oxygen atoms in total. The summed E-state index contributed by atoms with van der Waals surface area (Å²) in [5.74, 6) is 2.18. The van der Waals surface area contributed by atoms with Crippen molar-refractivity contribution in [2.45, 2.75) is 18.6 Å². The lowest BCUT2D eigenvalue weighted by atomic mass is 10.2. The highest BCUT2D eigenvalue weighted by atomic mass is 35.5. The van der Waals surface area contributed by atoms with E-state index >= 15 is 0 Å². The van der Waals surface area contributed by atoms with Gasteiger partial charge in [0.2, 0.25) is 5.91 Å². The van der Waals surface area contributed by atoms with Crippen molar-refractivity contribution >= 4 is 35.0 Å². The number of nitrogens with one attached hydrogen (secondary N) is 1. The predicted molar refractivity (Wildman–Crippen MR) is 125 cm³/mol. The average molecular weight is 469 g/mol. The molecule has 4 rings (SSSR count). The summed E-state index contributed by atoms with van der Waals surface area (Å²) in [6, 6.07) is 16.7. The number of amides is 1. The molecule has 0 aliphatic rings. The molecule has 0 saturated heterocycles. The number of aryl methyl sites for hydroxylation is 1. The number of anilines is 1. The number of aromatic nitrogens is 3. The number of methoxy groups -OCH3 is 1. The molecule has 0 aliphatic heterocycles. The van der Waals surface area contributed by atoms with Crippen molar-refractivity contribution in [1.82, 2.24) is 14.8 Å². The predicted octanol–water partition coefficient (Wildman–Crippen LogP) is 5.29. The zero-order chi connectivity index (χ0) is 22.5. The molecule has 2 aromatic carbocycles. The number of rotatable bonds is 8. The number of carbonyl (C=O) groups is 1. The lowest BCUT2D eigenvalue weighted by Crippen LogP contribution is -2.15. The van der Waals surface area contributed by atoms with Crippen LogP contribution in [0.3, 0.4) is 0 Å². The molecule has 32 heavy (non-hydrogen) atoms. The number of carbonyl (C=O) groups excluding carboxylic acids is 1. The molecule has 0 unspecified atom stereocenters. The minimum absolute atomic E-state index is 0.143. The van der Waals surface area contributed by atoms with E-state index in [1.54, 1.807) is 25.5 Å². The largest absolute Gasteiger partial charge is 0.497 e. The standard InChI is InChI=1S/C23H21ClN4O3S/c1-15-11-17(24)8-9-20(15)25-21(29)14-32-23-27-26-22(16-5-3-6-18(12-16)30-2)28(23)13-19-7-4-10-31-19/h3-12H,13-14H2,1-2H3,(H,25,29). The number of hydrogen-bond donors (Lipinski definition) is 1. The van der Waals surface area contributed by atoms with Crippen LogP contribution in [0, 0.1) is 6.92 Å². The first-order chi connectivity index (χ1) is 15.5. The highest BCUT2D eigenvalue weighted by molar-refractivity contribution is 7.99. The van der Waals surface area contributed by atoms with E-state index in [9.17, 15) is 4.79 Å². The molecule has 0 radical (unpaired) electrons. The van der Waals surface area contributed by atoms with Gasteiger partial charge in [-0.25, -0.2) is 0 Å². The summed E-state index contributed by atoms with van der Waals surface area (Å²) in [6.07, 6.45) is 1.62. The van der Waals surface area contributed by atoms with Crippen LogP contribution in [0.4, 0.5) is 5.69 Å². The van der Waals surface area contributed by atoms with Crippen LogP contribution in [-0.2, 0) is 11.3 Å². The van der Waals surface area contributed by atoms with Crippen LogP contribution < -0.4 is 10.1 Å². The zero-order valence-electron chi connectivity index (χ0n) is 17.5. The monoisotopic (exact) mass is 468 g/mol. The lowest BCUT2D eigenvalue weighted by molar-refractivity contribution is -0.113. The maximum absolute atomic E-state index is 12.6. The van der Waals surface area contributed by atoms with E-state index in [1.807, 2.05) is 54.0 Å². The summed E-state index contributed by atoms with van der Waals surface area (Å²) in [7, 11) is 1.62. The molecule has 164 valence electrons. The summed E-state index contributed by atoms with van der Waals surface area (Å²) in [5.41, 5.74) is 2.49. The van der Waals surface area contributed by atoms with Crippen LogP contribution in [0.25, 0.3) is 11.4 Å². The van der Waals surface area contributed by atoms with E-state index in [-0.39, 0.29) is 11.7 Å². The summed E-state index contributed by atoms with van der Waals surface area (Å²) < 4.78 is 12.8. The van der Waals surface area contributed by atoms with Gasteiger partial charge in [0.1, 0.15) is 11.5 Å². The summed E-state index contributed by atoms with van der Waals surface area (Å²) in [5, 5.41) is 12.9. The van der Waals surface area contributed by atoms with Crippen LogP contribution in [0.2, 0.25) is 5.02 Å². The Kier molecular flexibility index (Phi) is 6.82. The second kappa shape index (κ2) is 9.93. The Morgan fingerprint density at radius 1 is 1.19 bits per heavy atom. The van der Waals surface area contributed by atoms with Gasteiger partial charge in [0.05, 0.1) is 25.7 Å². The lowest BCUT2D eigenvalue weighted by Gasteiger charge is -2.11. The smallest absolute Gasteiger partial charge is 0.234 e. The highest BCUT2D eigenvalue weighted by Gasteiger charge is 2.18. The van der Waals surface area contributed by atoms with Crippen LogP contribution in [-0.4, -0.2) is 33.5 Å². The number of halogens is 1. The Morgan fingerprint density at radius 2 is 2.06 bits per heavy atom. The Labute approximate surface area is 194 Å². The van der Waals surface area contributed by atoms with Crippen LogP contribution in [0.5, 0.6) is 5.75 Å². The molecule has 0 atom stereocenters. The normalized spacial score (nSPS) is 10.8. The fraction of sp³-hybridized carbons (Fsp3) is 0.174. The fourth-order valence-electron chi connectivity index (χ4n) is 3.16. The van der Waals surface area contributed by atoms with Gasteiger partial charge in [-0.05, 0) is 55.0 Å². The first kappa shape index (κ1) is 22.0. The molecule has 2 aromatic heterocycles. The second-order valence-electron chi connectivity index (χ2n) is 7.00. The molecule has 0 spiro atoms. The van der Waals surface area contributed by atoms with E-state index in [0.29, 0.717) is 22.5 Å². The van der Waals surface area contributed by atoms with Crippen molar-refractivity contribution in [2.75, 3.05) is 18.2 Å². The number of hydrogen-bond acceptors (Lipinski definition) is 6. The van der Waals surface area contributed by atoms with Crippen molar-refractivity contribution in [2.24, 2.45) is 0 Å². The number of nitrogens with zero attached hydrogens (tertiary/aromatic N) is 3. The zero-order valence-corrected chi connectivity index (χ0v) is 19.1. The average Bonchev–Trinajstić information content (AvgIpc) is 3.45. The fourth-order valence-corrected chi connectivity index (χ4v) is 4.12. The van der Waals surface area contributed by atoms with Crippen LogP contribution in [0.1, 0.15) is 11.3 Å². The van der Waals surface area contributed by atoms with Crippen LogP contribution >= 0.6 is 23.4 Å². The minimum Gasteiger partial charge on any atom is -0.497 e. The van der Waals surface area contributed by atoms with Crippen molar-refractivity contribution in [1.29, 1.82) is 0 Å². The number of thioether (sulfide) groups is 1. The number of benzene rings is 2. The number of ether oxygens (including phenoxy) is 1. The Morgan fingerprint density at radius 3 is 2.81 bits per heavy atom. The molecular formula is C23H21ClN4O3S. The summed E-state index contributed by atoms with van der Waals surface area (Å²) in [6.45, 7) is 2.34. The van der Waals surface area contributed by atoms with Gasteiger partial charge >= 0.3 is 0 Å². The maximum atomic E-state index is 12.6. The molecule has 2 heterocycles. The van der Waals surface area contributed by atoms with Gasteiger partial charge in [-0.3, -0.25) is 9.36 Å². The van der Waals surface area contributed by atoms with Gasteiger partial charge < -0.3 is 14.5 Å². The van der Waals surface area contributed by atoms with Gasteiger partial charge in [-0.15, -0.1) is 10.2 Å². The summed E-state index contributed by atoms with van der Waals surface area (Å²) in [4.78, 5) is 12.6. The van der Waals surface area contributed by atoms with Gasteiger partial charge in [-0.1, -0.05) is 35.5 Å². The third-order valence-electron chi connectivity index (χ3n) is 4.73. The molecule has 9 heteroatoms. The van der Waals surface area contributed by atoms with E-state index in [4.69, 9.17) is 20.8 Å². The Hall–Kier alpha value is -3.23. The van der Waals surface area contributed by atoms with Gasteiger partial charge in [0.25, 0.3) is 0 Å². The van der Waals surface area contributed by atoms with Crippen molar-refractivity contribution in [3.8, 4) is 17.1 Å². The third kappa shape index (κ3) is 5.15. The van der Waals surface area contributed by atoms with Crippen molar-refractivity contribution in [3.63, 3.8) is 0 Å². The molecule has 0 fully saturated rings. The molecule has 4 aromatic rings. The molecule has 1 N–H and O–H groups in total. The van der Waals surface area contributed by atoms with Gasteiger partial charge in [0, 0.05) is 16.3 Å². The van der Waals surface area contributed by atoms with Crippen molar-refractivity contribution in [3.05, 3.63) is 77.2 Å². The first-order valence-corrected chi connectivity index (χ1v) is 11.2. The van der Waals surface area contributed by atoms with Gasteiger partial charge in [-0.2, -0.15) is 0 Å². The summed E-state index contributed by atoms with van der Waals surface area (Å²) >= 11 is 7.30. The molecule has 0 bridgehead atoms. The van der Waals surface area contributed by atoms with Gasteiger partial charge in [0.15, 0.2) is 11.0 Å². The molecular weight excluding hydrogens is 448 g/mol. The third-order valence-corrected chi connectivity index (χ3v) is 5.94. The Bertz CT molecular complexity index is 1220. The van der Waals surface area contributed by atoms with Crippen molar-refractivity contribution < 1.29 is 13.9 Å². The van der Waals surface area contributed by atoms with E-state index in [0.717, 1.165) is 28.3 Å². The quantitative estimate of drug-likeness (QED) is 0.354. The SMILES string of the molecule is COc1cccc(-c2nnc(SCC(=O)Nc3ccc(Cl)cc3C)n2Cc2ccco2)c1. The van der Waals surface area contributed by atoms with E-state index in [1.165, 1.54) is 11.8 Å². The van der Waals surface area contributed by atoms with Crippen LogP contribution in [0.15, 0.2) is 70.4 Å².